The van der Waals surface area contributed by atoms with Crippen LogP contribution in [0.5, 0.6) is 0 Å². The first kappa shape index (κ1) is 16.5. The van der Waals surface area contributed by atoms with Gasteiger partial charge in [0.05, 0.1) is 6.04 Å². The van der Waals surface area contributed by atoms with E-state index < -0.39 is 29.9 Å². The second-order valence-electron chi connectivity index (χ2n) is 4.31. The fourth-order valence-electron chi connectivity index (χ4n) is 1.21. The number of hydrogen-bond donors (Lipinski definition) is 4. The molecule has 0 spiro atoms. The Morgan fingerprint density at radius 3 is 2.28 bits per heavy atom. The molecule has 0 aromatic rings. The monoisotopic (exact) mass is 259 g/mol. The van der Waals surface area contributed by atoms with E-state index in [4.69, 9.17) is 16.6 Å². The Kier molecular flexibility index (Phi) is 7.14. The van der Waals surface area contributed by atoms with Gasteiger partial charge in [-0.1, -0.05) is 20.3 Å². The van der Waals surface area contributed by atoms with Crippen molar-refractivity contribution in [2.45, 2.75) is 45.2 Å². The van der Waals surface area contributed by atoms with Crippen molar-refractivity contribution in [2.24, 2.45) is 17.4 Å². The molecule has 104 valence electrons. The van der Waals surface area contributed by atoms with Crippen molar-refractivity contribution in [2.75, 3.05) is 0 Å². The Morgan fingerprint density at radius 1 is 1.28 bits per heavy atom. The van der Waals surface area contributed by atoms with Crippen LogP contribution in [0.3, 0.4) is 0 Å². The molecular formula is C11H21N3O4. The summed E-state index contributed by atoms with van der Waals surface area (Å²) in [5, 5.41) is 10.7. The zero-order valence-corrected chi connectivity index (χ0v) is 10.7. The molecule has 3 atom stereocenters. The number of nitrogens with two attached hydrogens (primary N) is 2. The molecule has 0 rings (SSSR count). The Balaban J connectivity index is 4.09. The number of rotatable bonds is 7. The quantitative estimate of drug-likeness (QED) is 0.472. The molecule has 0 saturated carbocycles. The number of carboxylic acid groups (broad SMARTS) is 1. The number of nitrogens with one attached hydrogen (secondary N) is 1. The lowest BCUT2D eigenvalue weighted by Gasteiger charge is -2.17. The summed E-state index contributed by atoms with van der Waals surface area (Å²) < 4.78 is 0. The summed E-state index contributed by atoms with van der Waals surface area (Å²) in [5.41, 5.74) is 10.9. The lowest BCUT2D eigenvalue weighted by Crippen LogP contribution is -2.47. The zero-order chi connectivity index (χ0) is 14.3. The van der Waals surface area contributed by atoms with Crippen molar-refractivity contribution in [3.05, 3.63) is 0 Å². The summed E-state index contributed by atoms with van der Waals surface area (Å²) in [6, 6.07) is -1.85. The molecule has 0 fully saturated rings. The lowest BCUT2D eigenvalue weighted by molar-refractivity contribution is -0.138. The normalized spacial score (nSPS) is 15.6. The second kappa shape index (κ2) is 7.78. The van der Waals surface area contributed by atoms with Crippen molar-refractivity contribution in [1.29, 1.82) is 0 Å². The molecule has 7 heteroatoms. The van der Waals surface area contributed by atoms with Crippen LogP contribution in [0, 0.1) is 5.92 Å². The van der Waals surface area contributed by atoms with Gasteiger partial charge in [0.2, 0.25) is 11.8 Å². The highest BCUT2D eigenvalue weighted by Gasteiger charge is 2.21. The van der Waals surface area contributed by atoms with Crippen LogP contribution in [0.2, 0.25) is 0 Å². The van der Waals surface area contributed by atoms with Gasteiger partial charge in [-0.2, -0.15) is 0 Å². The van der Waals surface area contributed by atoms with Gasteiger partial charge in [0.1, 0.15) is 6.04 Å². The Morgan fingerprint density at radius 2 is 1.83 bits per heavy atom. The standard InChI is InChI=1S/C11H21N3O4/c1-3-6(2)9(13)10(16)14-8(15)5-4-7(12)11(17)18/h6-7,9H,3-5,12-13H2,1-2H3,(H,17,18)(H,14,15,16). The van der Waals surface area contributed by atoms with Crippen molar-refractivity contribution in [3.63, 3.8) is 0 Å². The topological polar surface area (TPSA) is 136 Å². The minimum absolute atomic E-state index is 0.0208. The van der Waals surface area contributed by atoms with Gasteiger partial charge in [-0.3, -0.25) is 19.7 Å². The third kappa shape index (κ3) is 5.74. The molecule has 0 aromatic carbocycles. The number of carbonyl (C=O) groups excluding carboxylic acids is 2. The van der Waals surface area contributed by atoms with Gasteiger partial charge < -0.3 is 16.6 Å². The second-order valence-corrected chi connectivity index (χ2v) is 4.31. The molecule has 0 bridgehead atoms. The smallest absolute Gasteiger partial charge is 0.320 e. The molecule has 0 saturated heterocycles. The average molecular weight is 259 g/mol. The fourth-order valence-corrected chi connectivity index (χ4v) is 1.21. The highest BCUT2D eigenvalue weighted by molar-refractivity contribution is 5.97. The van der Waals surface area contributed by atoms with E-state index in [1.807, 2.05) is 13.8 Å². The van der Waals surface area contributed by atoms with Crippen LogP contribution in [0.25, 0.3) is 0 Å². The van der Waals surface area contributed by atoms with E-state index >= 15 is 0 Å². The van der Waals surface area contributed by atoms with E-state index in [1.165, 1.54) is 0 Å². The molecule has 0 aliphatic carbocycles. The fraction of sp³-hybridized carbons (Fsp3) is 0.727. The van der Waals surface area contributed by atoms with Crippen LogP contribution < -0.4 is 16.8 Å². The first-order valence-electron chi connectivity index (χ1n) is 5.87. The maximum Gasteiger partial charge on any atom is 0.320 e. The van der Waals surface area contributed by atoms with Crippen LogP contribution in [0.1, 0.15) is 33.1 Å². The molecule has 6 N–H and O–H groups in total. The molecule has 0 radical (unpaired) electrons. The average Bonchev–Trinajstić information content (AvgIpc) is 2.33. The molecule has 18 heavy (non-hydrogen) atoms. The van der Waals surface area contributed by atoms with Gasteiger partial charge in [0.25, 0.3) is 0 Å². The minimum Gasteiger partial charge on any atom is -0.480 e. The lowest BCUT2D eigenvalue weighted by atomic mass is 9.99. The van der Waals surface area contributed by atoms with Crippen molar-refractivity contribution in [1.82, 2.24) is 5.32 Å². The van der Waals surface area contributed by atoms with Gasteiger partial charge in [-0.05, 0) is 12.3 Å². The maximum absolute atomic E-state index is 11.5. The summed E-state index contributed by atoms with van der Waals surface area (Å²) in [5.74, 6) is -2.31. The summed E-state index contributed by atoms with van der Waals surface area (Å²) in [6.07, 6.45) is 0.589. The minimum atomic E-state index is -1.18. The zero-order valence-electron chi connectivity index (χ0n) is 10.7. The van der Waals surface area contributed by atoms with Gasteiger partial charge in [-0.25, -0.2) is 0 Å². The molecule has 2 amide bonds. The number of carboxylic acids is 1. The summed E-state index contributed by atoms with van der Waals surface area (Å²) in [6.45, 7) is 3.71. The summed E-state index contributed by atoms with van der Waals surface area (Å²) in [4.78, 5) is 33.3. The molecule has 0 aliphatic rings. The third-order valence-electron chi connectivity index (χ3n) is 2.82. The molecule has 3 unspecified atom stereocenters. The van der Waals surface area contributed by atoms with E-state index in [1.54, 1.807) is 0 Å². The highest BCUT2D eigenvalue weighted by atomic mass is 16.4. The Labute approximate surface area is 106 Å². The van der Waals surface area contributed by atoms with Crippen molar-refractivity contribution in [3.8, 4) is 0 Å². The van der Waals surface area contributed by atoms with E-state index in [2.05, 4.69) is 5.32 Å². The predicted molar refractivity (Wildman–Crippen MR) is 65.4 cm³/mol. The maximum atomic E-state index is 11.5. The summed E-state index contributed by atoms with van der Waals surface area (Å²) >= 11 is 0. The van der Waals surface area contributed by atoms with E-state index in [0.717, 1.165) is 6.42 Å². The van der Waals surface area contributed by atoms with E-state index in [-0.39, 0.29) is 18.8 Å². The molecule has 0 heterocycles. The van der Waals surface area contributed by atoms with Crippen LogP contribution in [0.15, 0.2) is 0 Å². The third-order valence-corrected chi connectivity index (χ3v) is 2.82. The number of carbonyl (C=O) groups is 3. The SMILES string of the molecule is CCC(C)C(N)C(=O)NC(=O)CCC(N)C(=O)O. The van der Waals surface area contributed by atoms with E-state index in [0.29, 0.717) is 0 Å². The Hall–Kier alpha value is -1.47. The van der Waals surface area contributed by atoms with Crippen LogP contribution in [-0.4, -0.2) is 35.0 Å². The number of imide groups is 1. The van der Waals surface area contributed by atoms with Gasteiger partial charge >= 0.3 is 5.97 Å². The Bertz CT molecular complexity index is 319. The molecular weight excluding hydrogens is 238 g/mol. The number of amides is 2. The largest absolute Gasteiger partial charge is 0.480 e. The van der Waals surface area contributed by atoms with Crippen molar-refractivity contribution >= 4 is 17.8 Å². The highest BCUT2D eigenvalue weighted by Crippen LogP contribution is 2.05. The first-order chi connectivity index (χ1) is 8.29. The van der Waals surface area contributed by atoms with Gasteiger partial charge in [0.15, 0.2) is 0 Å². The van der Waals surface area contributed by atoms with Crippen LogP contribution in [-0.2, 0) is 14.4 Å². The van der Waals surface area contributed by atoms with Gasteiger partial charge in [0, 0.05) is 6.42 Å². The first-order valence-corrected chi connectivity index (χ1v) is 5.87. The molecule has 0 aliphatic heterocycles. The molecule has 0 aromatic heterocycles. The van der Waals surface area contributed by atoms with E-state index in [9.17, 15) is 14.4 Å². The number of hydrogen-bond acceptors (Lipinski definition) is 5. The van der Waals surface area contributed by atoms with Crippen LogP contribution in [0.4, 0.5) is 0 Å². The van der Waals surface area contributed by atoms with Crippen molar-refractivity contribution < 1.29 is 19.5 Å². The summed E-state index contributed by atoms with van der Waals surface area (Å²) in [7, 11) is 0. The molecule has 7 nitrogen and oxygen atoms in total. The van der Waals surface area contributed by atoms with Crippen LogP contribution >= 0.6 is 0 Å². The van der Waals surface area contributed by atoms with Gasteiger partial charge in [-0.15, -0.1) is 0 Å². The number of aliphatic carboxylic acids is 1. The predicted octanol–water partition coefficient (Wildman–Crippen LogP) is -0.805.